The average Bonchev–Trinajstić information content (AvgIpc) is 3.00. The molecule has 150 valence electrons. The largest absolute Gasteiger partial charge is 0.365 e. The summed E-state index contributed by atoms with van der Waals surface area (Å²) in [6.07, 6.45) is 0. The maximum Gasteiger partial charge on any atom is 0.282 e. The number of para-hydroxylation sites is 1. The van der Waals surface area contributed by atoms with Crippen molar-refractivity contribution in [2.45, 2.75) is 6.54 Å². The fourth-order valence-corrected chi connectivity index (χ4v) is 3.76. The van der Waals surface area contributed by atoms with Gasteiger partial charge in [-0.05, 0) is 35.4 Å². The highest BCUT2D eigenvalue weighted by atomic mass is 35.5. The summed E-state index contributed by atoms with van der Waals surface area (Å²) in [5.41, 5.74) is 2.24. The summed E-state index contributed by atoms with van der Waals surface area (Å²) in [6.45, 7) is 0.427. The van der Waals surface area contributed by atoms with Gasteiger partial charge in [-0.2, -0.15) is 0 Å². The maximum atomic E-state index is 13.5. The molecule has 0 spiro atoms. The van der Waals surface area contributed by atoms with Crippen molar-refractivity contribution >= 4 is 34.7 Å². The van der Waals surface area contributed by atoms with Gasteiger partial charge in [-0.25, -0.2) is 9.29 Å². The molecule has 30 heavy (non-hydrogen) atoms. The van der Waals surface area contributed by atoms with Crippen molar-refractivity contribution in [3.8, 4) is 0 Å². The van der Waals surface area contributed by atoms with Crippen molar-refractivity contribution < 1.29 is 14.0 Å². The number of imide groups is 1. The second-order valence-electron chi connectivity index (χ2n) is 6.97. The molecule has 3 aromatic carbocycles. The summed E-state index contributed by atoms with van der Waals surface area (Å²) >= 11 is 6.28. The van der Waals surface area contributed by atoms with Crippen LogP contribution in [0.2, 0.25) is 5.02 Å². The lowest BCUT2D eigenvalue weighted by Gasteiger charge is -2.22. The highest BCUT2D eigenvalue weighted by Gasteiger charge is 2.42. The fourth-order valence-electron chi connectivity index (χ4n) is 3.54. The van der Waals surface area contributed by atoms with Crippen molar-refractivity contribution in [2.24, 2.45) is 0 Å². The smallest absolute Gasteiger partial charge is 0.282 e. The SMILES string of the molecule is CN(Cc1ccccc1)C1=C(c2ccc(F)cc2)C(=O)N(c2ccccc2Cl)C1=O. The van der Waals surface area contributed by atoms with Crippen LogP contribution >= 0.6 is 11.6 Å². The zero-order valence-electron chi connectivity index (χ0n) is 16.2. The van der Waals surface area contributed by atoms with Gasteiger partial charge >= 0.3 is 0 Å². The first kappa shape index (κ1) is 19.9. The zero-order valence-corrected chi connectivity index (χ0v) is 16.9. The van der Waals surface area contributed by atoms with E-state index in [9.17, 15) is 14.0 Å². The van der Waals surface area contributed by atoms with Crippen LogP contribution in [0.5, 0.6) is 0 Å². The Kier molecular flexibility index (Phi) is 5.38. The predicted octanol–water partition coefficient (Wildman–Crippen LogP) is 4.90. The Balaban J connectivity index is 1.82. The molecule has 0 aliphatic carbocycles. The fraction of sp³-hybridized carbons (Fsp3) is 0.0833. The number of halogens is 2. The molecule has 0 aromatic heterocycles. The number of carbonyl (C=O) groups is 2. The summed E-state index contributed by atoms with van der Waals surface area (Å²) in [5.74, 6) is -1.38. The lowest BCUT2D eigenvalue weighted by Crippen LogP contribution is -2.34. The van der Waals surface area contributed by atoms with E-state index in [1.54, 1.807) is 36.2 Å². The second-order valence-corrected chi connectivity index (χ2v) is 7.38. The number of carbonyl (C=O) groups excluding carboxylic acids is 2. The van der Waals surface area contributed by atoms with Gasteiger partial charge in [0.1, 0.15) is 11.5 Å². The van der Waals surface area contributed by atoms with E-state index in [1.807, 2.05) is 30.3 Å². The highest BCUT2D eigenvalue weighted by Crippen LogP contribution is 2.37. The first-order chi connectivity index (χ1) is 14.5. The zero-order chi connectivity index (χ0) is 21.3. The molecular formula is C24H18ClFN2O2. The lowest BCUT2D eigenvalue weighted by atomic mass is 10.0. The van der Waals surface area contributed by atoms with Crippen LogP contribution in [0.4, 0.5) is 10.1 Å². The molecule has 2 amide bonds. The van der Waals surface area contributed by atoms with E-state index in [2.05, 4.69) is 0 Å². The molecule has 3 aromatic rings. The molecule has 0 radical (unpaired) electrons. The molecule has 4 rings (SSSR count). The molecule has 0 bridgehead atoms. The molecule has 0 saturated heterocycles. The molecule has 0 unspecified atom stereocenters. The third-order valence-corrected chi connectivity index (χ3v) is 5.25. The highest BCUT2D eigenvalue weighted by molar-refractivity contribution is 6.47. The number of benzene rings is 3. The molecule has 0 atom stereocenters. The number of likely N-dealkylation sites (N-methyl/N-ethyl adjacent to an activating group) is 1. The molecule has 6 heteroatoms. The lowest BCUT2D eigenvalue weighted by molar-refractivity contribution is -0.120. The van der Waals surface area contributed by atoms with E-state index < -0.39 is 17.6 Å². The van der Waals surface area contributed by atoms with E-state index in [4.69, 9.17) is 11.6 Å². The van der Waals surface area contributed by atoms with Crippen molar-refractivity contribution in [3.05, 3.63) is 107 Å². The average molecular weight is 421 g/mol. The monoisotopic (exact) mass is 420 g/mol. The Morgan fingerprint density at radius 3 is 2.17 bits per heavy atom. The molecule has 4 nitrogen and oxygen atoms in total. The van der Waals surface area contributed by atoms with Crippen LogP contribution in [0.15, 0.2) is 84.6 Å². The summed E-state index contributed by atoms with van der Waals surface area (Å²) in [5, 5.41) is 0.296. The van der Waals surface area contributed by atoms with Crippen LogP contribution in [0.3, 0.4) is 0 Å². The third kappa shape index (κ3) is 3.60. The van der Waals surface area contributed by atoms with Gasteiger partial charge in [0.15, 0.2) is 0 Å². The Hall–Kier alpha value is -3.44. The van der Waals surface area contributed by atoms with Crippen molar-refractivity contribution in [1.29, 1.82) is 0 Å². The first-order valence-electron chi connectivity index (χ1n) is 9.36. The number of anilines is 1. The van der Waals surface area contributed by atoms with Gasteiger partial charge < -0.3 is 4.90 Å². The predicted molar refractivity (Wildman–Crippen MR) is 115 cm³/mol. The molecule has 1 aliphatic rings. The third-order valence-electron chi connectivity index (χ3n) is 4.93. The maximum absolute atomic E-state index is 13.5. The van der Waals surface area contributed by atoms with Crippen LogP contribution in [-0.4, -0.2) is 23.8 Å². The topological polar surface area (TPSA) is 40.6 Å². The minimum Gasteiger partial charge on any atom is -0.365 e. The Morgan fingerprint density at radius 1 is 0.867 bits per heavy atom. The summed E-state index contributed by atoms with van der Waals surface area (Å²) in [6, 6.07) is 21.9. The normalized spacial score (nSPS) is 13.9. The van der Waals surface area contributed by atoms with E-state index >= 15 is 0 Å². The Bertz CT molecular complexity index is 1140. The van der Waals surface area contributed by atoms with Crippen molar-refractivity contribution in [2.75, 3.05) is 11.9 Å². The van der Waals surface area contributed by atoms with Gasteiger partial charge in [-0.3, -0.25) is 9.59 Å². The molecule has 0 N–H and O–H groups in total. The van der Waals surface area contributed by atoms with E-state index in [0.29, 0.717) is 22.8 Å². The van der Waals surface area contributed by atoms with Crippen LogP contribution in [0.25, 0.3) is 5.57 Å². The van der Waals surface area contributed by atoms with Gasteiger partial charge in [0.25, 0.3) is 11.8 Å². The molecule has 1 heterocycles. The minimum absolute atomic E-state index is 0.221. The molecular weight excluding hydrogens is 403 g/mol. The number of amides is 2. The van der Waals surface area contributed by atoms with E-state index in [-0.39, 0.29) is 11.3 Å². The summed E-state index contributed by atoms with van der Waals surface area (Å²) < 4.78 is 13.5. The standard InChI is InChI=1S/C24H18ClFN2O2/c1-27(15-16-7-3-2-4-8-16)22-21(17-11-13-18(26)14-12-17)23(29)28(24(22)30)20-10-6-5-9-19(20)25/h2-14H,15H2,1H3. The number of rotatable bonds is 5. The van der Waals surface area contributed by atoms with Crippen LogP contribution in [0, 0.1) is 5.82 Å². The molecule has 1 aliphatic heterocycles. The molecule has 0 saturated carbocycles. The summed E-state index contributed by atoms with van der Waals surface area (Å²) in [4.78, 5) is 29.6. The van der Waals surface area contributed by atoms with Gasteiger partial charge in [-0.1, -0.05) is 66.2 Å². The van der Waals surface area contributed by atoms with Gasteiger partial charge in [0.05, 0.1) is 16.3 Å². The van der Waals surface area contributed by atoms with Crippen LogP contribution < -0.4 is 4.90 Å². The minimum atomic E-state index is -0.491. The second kappa shape index (κ2) is 8.13. The Labute approximate surface area is 178 Å². The number of hydrogen-bond donors (Lipinski definition) is 0. The van der Waals surface area contributed by atoms with E-state index in [0.717, 1.165) is 10.5 Å². The Morgan fingerprint density at radius 2 is 1.50 bits per heavy atom. The van der Waals surface area contributed by atoms with Crippen LogP contribution in [0.1, 0.15) is 11.1 Å². The quantitative estimate of drug-likeness (QED) is 0.551. The summed E-state index contributed by atoms with van der Waals surface area (Å²) in [7, 11) is 1.76. The number of hydrogen-bond acceptors (Lipinski definition) is 3. The molecule has 0 fully saturated rings. The van der Waals surface area contributed by atoms with Crippen molar-refractivity contribution in [3.63, 3.8) is 0 Å². The van der Waals surface area contributed by atoms with Gasteiger partial charge in [0.2, 0.25) is 0 Å². The van der Waals surface area contributed by atoms with Gasteiger partial charge in [0, 0.05) is 13.6 Å². The first-order valence-corrected chi connectivity index (χ1v) is 9.74. The van der Waals surface area contributed by atoms with Gasteiger partial charge in [-0.15, -0.1) is 0 Å². The van der Waals surface area contributed by atoms with Crippen LogP contribution in [-0.2, 0) is 16.1 Å². The van der Waals surface area contributed by atoms with Crippen molar-refractivity contribution in [1.82, 2.24) is 4.90 Å². The number of nitrogens with zero attached hydrogens (tertiary/aromatic N) is 2. The van der Waals surface area contributed by atoms with E-state index in [1.165, 1.54) is 24.3 Å².